The molecule has 40 heavy (non-hydrogen) atoms. The van der Waals surface area contributed by atoms with Gasteiger partial charge in [-0.15, -0.1) is 0 Å². The van der Waals surface area contributed by atoms with E-state index >= 15 is 0 Å². The number of carbonyl (C=O) groups excluding carboxylic acids is 3. The summed E-state index contributed by atoms with van der Waals surface area (Å²) < 4.78 is 5.66. The zero-order valence-corrected chi connectivity index (χ0v) is 26.9. The Morgan fingerprint density at radius 1 is 0.725 bits per heavy atom. The fourth-order valence-corrected chi connectivity index (χ4v) is 6.44. The standard InChI is InChI=1S/2C16H29NO3/c1-10(2)12-7-6-11(3)8-13(12)14(16(19)20)9-15(18)17(4)5;1-11(2)13-7-6-12(3)10-14(13)20-16(19)9-8-15(18)17(4)5/h10-14H,6-9H2,1-5H3,(H,19,20);11-14H,6-10H2,1-5H3. The van der Waals surface area contributed by atoms with E-state index in [1.807, 2.05) is 0 Å². The van der Waals surface area contributed by atoms with Gasteiger partial charge in [0.25, 0.3) is 0 Å². The number of amides is 2. The van der Waals surface area contributed by atoms with Gasteiger partial charge in [0.05, 0.1) is 12.3 Å². The Labute approximate surface area is 243 Å². The number of carbonyl (C=O) groups is 4. The van der Waals surface area contributed by atoms with Crippen molar-refractivity contribution in [3.05, 3.63) is 0 Å². The van der Waals surface area contributed by atoms with Gasteiger partial charge in [0.2, 0.25) is 11.8 Å². The lowest BCUT2D eigenvalue weighted by Gasteiger charge is -2.40. The topological polar surface area (TPSA) is 104 Å². The molecule has 8 heteroatoms. The molecule has 2 aliphatic rings. The van der Waals surface area contributed by atoms with Crippen LogP contribution in [0.25, 0.3) is 0 Å². The number of carboxylic acids is 1. The van der Waals surface area contributed by atoms with Crippen molar-refractivity contribution in [1.82, 2.24) is 9.80 Å². The molecule has 0 aromatic carbocycles. The van der Waals surface area contributed by atoms with E-state index in [9.17, 15) is 24.3 Å². The number of esters is 1. The maximum atomic E-state index is 11.9. The van der Waals surface area contributed by atoms with Gasteiger partial charge in [0, 0.05) is 41.0 Å². The van der Waals surface area contributed by atoms with Gasteiger partial charge in [-0.2, -0.15) is 0 Å². The molecular weight excluding hydrogens is 508 g/mol. The third kappa shape index (κ3) is 11.8. The van der Waals surface area contributed by atoms with E-state index in [4.69, 9.17) is 4.74 Å². The van der Waals surface area contributed by atoms with Crippen LogP contribution >= 0.6 is 0 Å². The molecule has 2 rings (SSSR count). The van der Waals surface area contributed by atoms with Crippen LogP contribution in [0.4, 0.5) is 0 Å². The van der Waals surface area contributed by atoms with Crippen LogP contribution in [0.5, 0.6) is 0 Å². The van der Waals surface area contributed by atoms with Gasteiger partial charge >= 0.3 is 11.9 Å². The fraction of sp³-hybridized carbons (Fsp3) is 0.875. The summed E-state index contributed by atoms with van der Waals surface area (Å²) in [5.41, 5.74) is 0. The Morgan fingerprint density at radius 2 is 1.23 bits per heavy atom. The first-order valence-electron chi connectivity index (χ1n) is 15.4. The van der Waals surface area contributed by atoms with Gasteiger partial charge in [0.1, 0.15) is 6.10 Å². The lowest BCUT2D eigenvalue weighted by Crippen LogP contribution is -2.39. The average Bonchev–Trinajstić information content (AvgIpc) is 2.85. The SMILES string of the molecule is CC1CCC(C(C)C)C(C(CC(=O)N(C)C)C(=O)O)C1.CC1CCC(C(C)C)C(OC(=O)CCC(=O)N(C)C)C1. The molecule has 0 heterocycles. The van der Waals surface area contributed by atoms with E-state index in [-0.39, 0.29) is 49.1 Å². The minimum absolute atomic E-state index is 0.0284. The summed E-state index contributed by atoms with van der Waals surface area (Å²) in [6.07, 6.45) is 7.08. The second-order valence-corrected chi connectivity index (χ2v) is 13.6. The number of carboxylic acid groups (broad SMARTS) is 1. The summed E-state index contributed by atoms with van der Waals surface area (Å²) in [6.45, 7) is 13.1. The van der Waals surface area contributed by atoms with Crippen molar-refractivity contribution < 1.29 is 29.0 Å². The van der Waals surface area contributed by atoms with Crippen molar-refractivity contribution >= 4 is 23.8 Å². The number of rotatable bonds is 10. The van der Waals surface area contributed by atoms with Gasteiger partial charge in [-0.05, 0) is 67.1 Å². The van der Waals surface area contributed by atoms with Crippen LogP contribution in [0, 0.1) is 47.3 Å². The van der Waals surface area contributed by atoms with Gasteiger partial charge in [-0.25, -0.2) is 0 Å². The number of aliphatic carboxylic acids is 1. The Balaban J connectivity index is 0.000000400. The van der Waals surface area contributed by atoms with Crippen LogP contribution in [-0.2, 0) is 23.9 Å². The molecule has 0 spiro atoms. The quantitative estimate of drug-likeness (QED) is 0.339. The van der Waals surface area contributed by atoms with Gasteiger partial charge in [0.15, 0.2) is 0 Å². The Kier molecular flexibility index (Phi) is 15.2. The zero-order chi connectivity index (χ0) is 30.7. The van der Waals surface area contributed by atoms with Crippen LogP contribution in [-0.4, -0.2) is 73.0 Å². The first kappa shape index (κ1) is 35.9. The predicted molar refractivity (Wildman–Crippen MR) is 158 cm³/mol. The van der Waals surface area contributed by atoms with Crippen molar-refractivity contribution in [3.63, 3.8) is 0 Å². The molecule has 7 unspecified atom stereocenters. The molecule has 0 aromatic rings. The highest BCUT2D eigenvalue weighted by Crippen LogP contribution is 2.43. The number of nitrogens with zero attached hydrogens (tertiary/aromatic N) is 2. The van der Waals surface area contributed by atoms with Crippen LogP contribution in [0.3, 0.4) is 0 Å². The maximum Gasteiger partial charge on any atom is 0.307 e. The van der Waals surface area contributed by atoms with Crippen molar-refractivity contribution in [3.8, 4) is 0 Å². The zero-order valence-electron chi connectivity index (χ0n) is 26.9. The van der Waals surface area contributed by atoms with Crippen LogP contribution in [0.1, 0.15) is 99.3 Å². The summed E-state index contributed by atoms with van der Waals surface area (Å²) in [6, 6.07) is 0. The first-order valence-corrected chi connectivity index (χ1v) is 15.4. The van der Waals surface area contributed by atoms with Crippen molar-refractivity contribution in [1.29, 1.82) is 0 Å². The van der Waals surface area contributed by atoms with E-state index in [2.05, 4.69) is 41.5 Å². The maximum absolute atomic E-state index is 11.9. The van der Waals surface area contributed by atoms with Crippen molar-refractivity contribution in [2.45, 2.75) is 105 Å². The highest BCUT2D eigenvalue weighted by Gasteiger charge is 2.40. The van der Waals surface area contributed by atoms with Gasteiger partial charge in [-0.1, -0.05) is 54.4 Å². The summed E-state index contributed by atoms with van der Waals surface area (Å²) >= 11 is 0. The molecule has 2 aliphatic carbocycles. The monoisotopic (exact) mass is 566 g/mol. The molecule has 0 bridgehead atoms. The fourth-order valence-electron chi connectivity index (χ4n) is 6.44. The molecule has 0 radical (unpaired) electrons. The molecule has 8 nitrogen and oxygen atoms in total. The van der Waals surface area contributed by atoms with Gasteiger partial charge in [-0.3, -0.25) is 19.2 Å². The van der Waals surface area contributed by atoms with E-state index in [1.165, 1.54) is 22.6 Å². The normalized spacial score (nSPS) is 27.3. The summed E-state index contributed by atoms with van der Waals surface area (Å²) in [4.78, 5) is 50.0. The predicted octanol–water partition coefficient (Wildman–Crippen LogP) is 5.73. The smallest absolute Gasteiger partial charge is 0.307 e. The second kappa shape index (κ2) is 17.0. The first-order chi connectivity index (χ1) is 18.5. The summed E-state index contributed by atoms with van der Waals surface area (Å²) in [7, 11) is 6.77. The molecule has 1 N–H and O–H groups in total. The molecular formula is C32H58N2O6. The largest absolute Gasteiger partial charge is 0.481 e. The minimum Gasteiger partial charge on any atom is -0.481 e. The third-order valence-corrected chi connectivity index (χ3v) is 9.09. The van der Waals surface area contributed by atoms with E-state index in [0.717, 1.165) is 25.7 Å². The molecule has 2 saturated carbocycles. The van der Waals surface area contributed by atoms with Crippen molar-refractivity contribution in [2.24, 2.45) is 47.3 Å². The van der Waals surface area contributed by atoms with Crippen LogP contribution in [0.15, 0.2) is 0 Å². The Hall–Kier alpha value is -2.12. The summed E-state index contributed by atoms with van der Waals surface area (Å²) in [5, 5.41) is 9.57. The lowest BCUT2D eigenvalue weighted by atomic mass is 9.64. The molecule has 0 aliphatic heterocycles. The van der Waals surface area contributed by atoms with Crippen LogP contribution < -0.4 is 0 Å². The molecule has 7 atom stereocenters. The van der Waals surface area contributed by atoms with E-state index in [1.54, 1.807) is 28.2 Å². The van der Waals surface area contributed by atoms with E-state index in [0.29, 0.717) is 35.5 Å². The summed E-state index contributed by atoms with van der Waals surface area (Å²) in [5.74, 6) is 1.49. The number of hydrogen-bond acceptors (Lipinski definition) is 5. The highest BCUT2D eigenvalue weighted by molar-refractivity contribution is 5.82. The average molecular weight is 567 g/mol. The number of ether oxygens (including phenoxy) is 1. The lowest BCUT2D eigenvalue weighted by molar-refractivity contribution is -0.157. The molecule has 232 valence electrons. The highest BCUT2D eigenvalue weighted by atomic mass is 16.5. The molecule has 0 aromatic heterocycles. The van der Waals surface area contributed by atoms with E-state index < -0.39 is 11.9 Å². The molecule has 0 saturated heterocycles. The molecule has 2 fully saturated rings. The number of hydrogen-bond donors (Lipinski definition) is 1. The van der Waals surface area contributed by atoms with Crippen molar-refractivity contribution in [2.75, 3.05) is 28.2 Å². The van der Waals surface area contributed by atoms with Crippen LogP contribution in [0.2, 0.25) is 0 Å². The Bertz CT molecular complexity index is 822. The second-order valence-electron chi connectivity index (χ2n) is 13.6. The minimum atomic E-state index is -0.815. The third-order valence-electron chi connectivity index (χ3n) is 9.09. The Morgan fingerprint density at radius 3 is 1.70 bits per heavy atom. The molecule has 2 amide bonds. The van der Waals surface area contributed by atoms with Gasteiger partial charge < -0.3 is 19.6 Å².